The summed E-state index contributed by atoms with van der Waals surface area (Å²) in [6.45, 7) is 10.4. The van der Waals surface area contributed by atoms with E-state index in [0.29, 0.717) is 18.3 Å². The summed E-state index contributed by atoms with van der Waals surface area (Å²) < 4.78 is 4.15. The van der Waals surface area contributed by atoms with Crippen molar-refractivity contribution < 1.29 is 4.79 Å². The van der Waals surface area contributed by atoms with E-state index in [9.17, 15) is 4.79 Å². The minimum Gasteiger partial charge on any atom is -0.351 e. The number of hydrogen-bond acceptors (Lipinski definition) is 4. The Labute approximate surface area is 178 Å². The average molecular weight is 409 g/mol. The summed E-state index contributed by atoms with van der Waals surface area (Å²) in [6.07, 6.45) is 7.06. The van der Waals surface area contributed by atoms with Gasteiger partial charge in [0.05, 0.1) is 5.52 Å². The van der Waals surface area contributed by atoms with Crippen LogP contribution in [-0.4, -0.2) is 76.0 Å². The molecule has 160 valence electrons. The molecule has 1 N–H and O–H groups in total. The number of nitrogens with zero attached hydrogens (tertiary/aromatic N) is 5. The van der Waals surface area contributed by atoms with E-state index in [-0.39, 0.29) is 5.91 Å². The smallest absolute Gasteiger partial charge is 0.272 e. The van der Waals surface area contributed by atoms with E-state index in [0.717, 1.165) is 56.0 Å². The minimum absolute atomic E-state index is 0.105. The van der Waals surface area contributed by atoms with E-state index in [1.54, 1.807) is 0 Å². The highest BCUT2D eigenvalue weighted by atomic mass is 16.1. The van der Waals surface area contributed by atoms with E-state index >= 15 is 0 Å². The lowest BCUT2D eigenvalue weighted by molar-refractivity contribution is 0.0946. The third kappa shape index (κ3) is 4.42. The molecule has 0 spiro atoms. The molecule has 7 heteroatoms. The van der Waals surface area contributed by atoms with Crippen molar-refractivity contribution in [3.63, 3.8) is 0 Å². The average Bonchev–Trinajstić information content (AvgIpc) is 3.37. The molecule has 1 aliphatic rings. The van der Waals surface area contributed by atoms with Gasteiger partial charge < -0.3 is 19.7 Å². The molecule has 0 radical (unpaired) electrons. The summed E-state index contributed by atoms with van der Waals surface area (Å²) in [5.41, 5.74) is 2.34. The molecule has 3 aromatic rings. The zero-order valence-electron chi connectivity index (χ0n) is 18.2. The molecule has 0 aliphatic carbocycles. The van der Waals surface area contributed by atoms with Crippen LogP contribution in [0.4, 0.5) is 0 Å². The van der Waals surface area contributed by atoms with Crippen LogP contribution in [0.25, 0.3) is 16.9 Å². The van der Waals surface area contributed by atoms with Crippen LogP contribution in [0.15, 0.2) is 42.9 Å². The number of imidazole rings is 1. The fourth-order valence-corrected chi connectivity index (χ4v) is 3.93. The Morgan fingerprint density at radius 2 is 1.93 bits per heavy atom. The molecule has 0 atom stereocenters. The minimum atomic E-state index is -0.105. The number of fused-ring (bicyclic) bond motifs is 1. The van der Waals surface area contributed by atoms with E-state index in [2.05, 4.69) is 59.0 Å². The SMILES string of the molecule is CC(C)n1ccc(-c2nc(C(=O)NCCCN3CCN(C)CC3)c3ccccn23)c1. The Morgan fingerprint density at radius 3 is 2.67 bits per heavy atom. The topological polar surface area (TPSA) is 57.8 Å². The monoisotopic (exact) mass is 408 g/mol. The molecule has 1 fully saturated rings. The lowest BCUT2D eigenvalue weighted by Crippen LogP contribution is -2.45. The van der Waals surface area contributed by atoms with Crippen LogP contribution in [0.5, 0.6) is 0 Å². The quantitative estimate of drug-likeness (QED) is 0.611. The number of amides is 1. The number of nitrogens with one attached hydrogen (secondary N) is 1. The molecule has 1 saturated heterocycles. The van der Waals surface area contributed by atoms with Gasteiger partial charge in [-0.25, -0.2) is 4.98 Å². The van der Waals surface area contributed by atoms with Crippen molar-refractivity contribution in [2.45, 2.75) is 26.3 Å². The highest BCUT2D eigenvalue weighted by molar-refractivity contribution is 6.00. The Balaban J connectivity index is 1.43. The third-order valence-electron chi connectivity index (χ3n) is 5.86. The Hall–Kier alpha value is -2.64. The van der Waals surface area contributed by atoms with Gasteiger partial charge in [0.1, 0.15) is 5.82 Å². The van der Waals surface area contributed by atoms with Crippen LogP contribution in [0, 0.1) is 0 Å². The number of likely N-dealkylation sites (N-methyl/N-ethyl adjacent to an activating group) is 1. The third-order valence-corrected chi connectivity index (χ3v) is 5.86. The standard InChI is InChI=1S/C23H32N6O/c1-18(2)28-12-8-19(17-28)22-25-21(20-7-4-5-11-29(20)22)23(30)24-9-6-10-27-15-13-26(3)14-16-27/h4-5,7-8,11-12,17-18H,6,9-10,13-16H2,1-3H3,(H,24,30). The summed E-state index contributed by atoms with van der Waals surface area (Å²) in [4.78, 5) is 22.5. The molecule has 0 bridgehead atoms. The normalized spacial score (nSPS) is 15.9. The first kappa shape index (κ1) is 20.6. The van der Waals surface area contributed by atoms with Crippen LogP contribution in [0.2, 0.25) is 0 Å². The van der Waals surface area contributed by atoms with Crippen LogP contribution in [-0.2, 0) is 0 Å². The van der Waals surface area contributed by atoms with Crippen molar-refractivity contribution in [2.75, 3.05) is 46.3 Å². The van der Waals surface area contributed by atoms with Crippen LogP contribution in [0.1, 0.15) is 36.8 Å². The molecule has 7 nitrogen and oxygen atoms in total. The first-order valence-corrected chi connectivity index (χ1v) is 10.9. The number of piperazine rings is 1. The van der Waals surface area contributed by atoms with Gasteiger partial charge in [0, 0.05) is 62.9 Å². The van der Waals surface area contributed by atoms with Gasteiger partial charge in [-0.3, -0.25) is 9.20 Å². The first-order chi connectivity index (χ1) is 14.5. The molecule has 4 heterocycles. The summed E-state index contributed by atoms with van der Waals surface area (Å²) in [5.74, 6) is 0.694. The molecular weight excluding hydrogens is 376 g/mol. The number of carbonyl (C=O) groups excluding carboxylic acids is 1. The maximum absolute atomic E-state index is 12.9. The molecule has 0 unspecified atom stereocenters. The van der Waals surface area contributed by atoms with Gasteiger partial charge in [-0.15, -0.1) is 0 Å². The van der Waals surface area contributed by atoms with E-state index < -0.39 is 0 Å². The lowest BCUT2D eigenvalue weighted by Gasteiger charge is -2.32. The van der Waals surface area contributed by atoms with Gasteiger partial charge in [-0.2, -0.15) is 0 Å². The second-order valence-corrected chi connectivity index (χ2v) is 8.44. The number of pyridine rings is 1. The van der Waals surface area contributed by atoms with Crippen molar-refractivity contribution >= 4 is 11.4 Å². The van der Waals surface area contributed by atoms with Crippen LogP contribution >= 0.6 is 0 Å². The zero-order chi connectivity index (χ0) is 21.1. The zero-order valence-corrected chi connectivity index (χ0v) is 18.2. The second kappa shape index (κ2) is 9.02. The maximum atomic E-state index is 12.9. The first-order valence-electron chi connectivity index (χ1n) is 10.9. The van der Waals surface area contributed by atoms with Crippen molar-refractivity contribution in [1.82, 2.24) is 29.1 Å². The Morgan fingerprint density at radius 1 is 1.13 bits per heavy atom. The van der Waals surface area contributed by atoms with Gasteiger partial charge in [-0.1, -0.05) is 6.07 Å². The molecule has 4 rings (SSSR count). The Bertz CT molecular complexity index is 996. The largest absolute Gasteiger partial charge is 0.351 e. The fraction of sp³-hybridized carbons (Fsp3) is 0.478. The number of hydrogen-bond donors (Lipinski definition) is 1. The molecule has 3 aromatic heterocycles. The summed E-state index contributed by atoms with van der Waals surface area (Å²) in [5, 5.41) is 3.07. The Kier molecular flexibility index (Phi) is 6.20. The summed E-state index contributed by atoms with van der Waals surface area (Å²) in [7, 11) is 2.17. The molecule has 1 aliphatic heterocycles. The molecule has 0 saturated carbocycles. The molecule has 30 heavy (non-hydrogen) atoms. The van der Waals surface area contributed by atoms with E-state index in [1.165, 1.54) is 0 Å². The predicted molar refractivity (Wildman–Crippen MR) is 120 cm³/mol. The van der Waals surface area contributed by atoms with E-state index in [4.69, 9.17) is 4.98 Å². The van der Waals surface area contributed by atoms with Crippen molar-refractivity contribution in [2.24, 2.45) is 0 Å². The predicted octanol–water partition coefficient (Wildman–Crippen LogP) is 2.75. The molecule has 1 amide bonds. The molecular formula is C23H32N6O. The number of rotatable bonds is 7. The molecule has 0 aromatic carbocycles. The van der Waals surface area contributed by atoms with Gasteiger partial charge in [0.2, 0.25) is 0 Å². The summed E-state index contributed by atoms with van der Waals surface area (Å²) in [6, 6.07) is 8.31. The van der Waals surface area contributed by atoms with E-state index in [1.807, 2.05) is 28.8 Å². The number of aromatic nitrogens is 3. The maximum Gasteiger partial charge on any atom is 0.272 e. The van der Waals surface area contributed by atoms with Gasteiger partial charge in [-0.05, 0) is 52.1 Å². The lowest BCUT2D eigenvalue weighted by atomic mass is 10.3. The van der Waals surface area contributed by atoms with Gasteiger partial charge in [0.25, 0.3) is 5.91 Å². The fourth-order valence-electron chi connectivity index (χ4n) is 3.93. The number of carbonyl (C=O) groups is 1. The van der Waals surface area contributed by atoms with Crippen molar-refractivity contribution in [3.05, 3.63) is 48.5 Å². The second-order valence-electron chi connectivity index (χ2n) is 8.44. The highest BCUT2D eigenvalue weighted by Gasteiger charge is 2.19. The van der Waals surface area contributed by atoms with Crippen molar-refractivity contribution in [1.29, 1.82) is 0 Å². The van der Waals surface area contributed by atoms with Crippen LogP contribution < -0.4 is 5.32 Å². The van der Waals surface area contributed by atoms with Gasteiger partial charge in [0.15, 0.2) is 5.69 Å². The van der Waals surface area contributed by atoms with Crippen molar-refractivity contribution in [3.8, 4) is 11.4 Å². The highest BCUT2D eigenvalue weighted by Crippen LogP contribution is 2.24. The van der Waals surface area contributed by atoms with Crippen LogP contribution in [0.3, 0.4) is 0 Å². The van der Waals surface area contributed by atoms with Gasteiger partial charge >= 0.3 is 0 Å². The summed E-state index contributed by atoms with van der Waals surface area (Å²) >= 11 is 0.